The molecule has 2 aliphatic rings. The van der Waals surface area contributed by atoms with Crippen LogP contribution in [-0.4, -0.2) is 29.8 Å². The molecule has 3 rings (SSSR count). The number of ketones is 1. The van der Waals surface area contributed by atoms with Crippen molar-refractivity contribution in [1.29, 1.82) is 5.26 Å². The van der Waals surface area contributed by atoms with Crippen molar-refractivity contribution in [2.24, 2.45) is 10.8 Å². The molecule has 1 aliphatic heterocycles. The molecule has 1 aliphatic carbocycles. The number of hydrogen-bond donors (Lipinski definition) is 0. The Balaban J connectivity index is 1.73. The van der Waals surface area contributed by atoms with Gasteiger partial charge in [0, 0.05) is 12.6 Å². The zero-order valence-electron chi connectivity index (χ0n) is 14.4. The minimum Gasteiger partial charge on any atom is -0.296 e. The Morgan fingerprint density at radius 3 is 2.65 bits per heavy atom. The van der Waals surface area contributed by atoms with Crippen molar-refractivity contribution >= 4 is 5.78 Å². The second-order valence-electron chi connectivity index (χ2n) is 8.56. The molecule has 1 aromatic carbocycles. The molecule has 23 heavy (non-hydrogen) atoms. The van der Waals surface area contributed by atoms with Crippen LogP contribution >= 0.6 is 0 Å². The van der Waals surface area contributed by atoms with E-state index in [2.05, 4.69) is 31.7 Å². The van der Waals surface area contributed by atoms with Crippen molar-refractivity contribution in [2.75, 3.05) is 13.1 Å². The first-order valence-corrected chi connectivity index (χ1v) is 8.53. The molecule has 1 saturated carbocycles. The number of nitrogens with zero attached hydrogens (tertiary/aromatic N) is 2. The number of benzene rings is 1. The Kier molecular flexibility index (Phi) is 4.06. The average Bonchev–Trinajstić information content (AvgIpc) is 2.69. The van der Waals surface area contributed by atoms with Gasteiger partial charge >= 0.3 is 0 Å². The smallest absolute Gasteiger partial charge is 0.168 e. The van der Waals surface area contributed by atoms with Crippen molar-refractivity contribution < 1.29 is 4.79 Å². The highest BCUT2D eigenvalue weighted by Crippen LogP contribution is 2.52. The molecular formula is C20H26N2O. The number of carbonyl (C=O) groups is 1. The van der Waals surface area contributed by atoms with E-state index in [4.69, 9.17) is 0 Å². The minimum atomic E-state index is -0.641. The molecule has 122 valence electrons. The molecule has 0 unspecified atom stereocenters. The fourth-order valence-electron chi connectivity index (χ4n) is 5.03. The lowest BCUT2D eigenvalue weighted by Gasteiger charge is -2.39. The summed E-state index contributed by atoms with van der Waals surface area (Å²) in [6, 6.07) is 12.1. The summed E-state index contributed by atoms with van der Waals surface area (Å²) < 4.78 is 0. The molecule has 1 heterocycles. The third kappa shape index (κ3) is 3.33. The molecular weight excluding hydrogens is 284 g/mol. The van der Waals surface area contributed by atoms with Gasteiger partial charge in [-0.05, 0) is 35.7 Å². The van der Waals surface area contributed by atoms with Crippen LogP contribution in [0.5, 0.6) is 0 Å². The van der Waals surface area contributed by atoms with Crippen molar-refractivity contribution in [3.05, 3.63) is 35.9 Å². The Labute approximate surface area is 139 Å². The Morgan fingerprint density at radius 2 is 2.00 bits per heavy atom. The van der Waals surface area contributed by atoms with Crippen LogP contribution in [0.3, 0.4) is 0 Å². The standard InChI is InChI=1S/C20H26N2O/c1-19(2)9-16-10-20(3,13-19)14-22(16)12-18(23)17(11-21)15-7-5-4-6-8-15/h4-8,16-17H,9-10,12-14H2,1-3H3/t16-,17-,20-/m0/s1. The van der Waals surface area contributed by atoms with E-state index in [-0.39, 0.29) is 5.78 Å². The molecule has 3 heteroatoms. The molecule has 0 spiro atoms. The summed E-state index contributed by atoms with van der Waals surface area (Å²) in [4.78, 5) is 15.1. The van der Waals surface area contributed by atoms with Crippen LogP contribution in [0.4, 0.5) is 0 Å². The normalized spacial score (nSPS) is 30.6. The molecule has 0 N–H and O–H groups in total. The zero-order valence-corrected chi connectivity index (χ0v) is 14.4. The number of Topliss-reactive ketones (excluding diaryl/α,β-unsaturated/α-hetero) is 1. The molecule has 2 fully saturated rings. The van der Waals surface area contributed by atoms with Crippen molar-refractivity contribution in [1.82, 2.24) is 4.90 Å². The van der Waals surface area contributed by atoms with E-state index < -0.39 is 5.92 Å². The van der Waals surface area contributed by atoms with Gasteiger partial charge in [0.2, 0.25) is 0 Å². The Bertz CT molecular complexity index is 631. The predicted molar refractivity (Wildman–Crippen MR) is 90.9 cm³/mol. The van der Waals surface area contributed by atoms with E-state index in [1.54, 1.807) is 0 Å². The fraction of sp³-hybridized carbons (Fsp3) is 0.600. The van der Waals surface area contributed by atoms with Crippen LogP contribution in [-0.2, 0) is 4.79 Å². The highest BCUT2D eigenvalue weighted by atomic mass is 16.1. The van der Waals surface area contributed by atoms with E-state index in [0.717, 1.165) is 18.5 Å². The average molecular weight is 310 g/mol. The molecule has 3 atom stereocenters. The van der Waals surface area contributed by atoms with Crippen molar-refractivity contribution in [2.45, 2.75) is 52.0 Å². The maximum atomic E-state index is 12.7. The van der Waals surface area contributed by atoms with Gasteiger partial charge in [-0.25, -0.2) is 0 Å². The number of carbonyl (C=O) groups excluding carboxylic acids is 1. The topological polar surface area (TPSA) is 44.1 Å². The number of likely N-dealkylation sites (tertiary alicyclic amines) is 1. The zero-order chi connectivity index (χ0) is 16.7. The van der Waals surface area contributed by atoms with E-state index in [1.807, 2.05) is 30.3 Å². The van der Waals surface area contributed by atoms with Crippen LogP contribution < -0.4 is 0 Å². The van der Waals surface area contributed by atoms with E-state index in [9.17, 15) is 10.1 Å². The Morgan fingerprint density at radius 1 is 1.30 bits per heavy atom. The summed E-state index contributed by atoms with van der Waals surface area (Å²) in [5, 5.41) is 9.46. The van der Waals surface area contributed by atoms with Gasteiger partial charge in [-0.1, -0.05) is 51.1 Å². The highest BCUT2D eigenvalue weighted by Gasteiger charge is 2.49. The SMILES string of the molecule is CC1(C)C[C@H]2C[C@](C)(CN2CC(=O)[C@@H](C#N)c2ccccc2)C1. The lowest BCUT2D eigenvalue weighted by atomic mass is 9.65. The molecule has 0 aromatic heterocycles. The fourth-order valence-corrected chi connectivity index (χ4v) is 5.03. The van der Waals surface area contributed by atoms with Gasteiger partial charge in [-0.2, -0.15) is 5.26 Å². The second-order valence-corrected chi connectivity index (χ2v) is 8.56. The van der Waals surface area contributed by atoms with Crippen LogP contribution in [0.25, 0.3) is 0 Å². The number of nitriles is 1. The van der Waals surface area contributed by atoms with Gasteiger partial charge in [0.25, 0.3) is 0 Å². The molecule has 3 nitrogen and oxygen atoms in total. The molecule has 2 bridgehead atoms. The molecule has 0 radical (unpaired) electrons. The van der Waals surface area contributed by atoms with Crippen molar-refractivity contribution in [3.8, 4) is 6.07 Å². The minimum absolute atomic E-state index is 0.0349. The summed E-state index contributed by atoms with van der Waals surface area (Å²) >= 11 is 0. The van der Waals surface area contributed by atoms with Crippen LogP contribution in [0, 0.1) is 22.2 Å². The Hall–Kier alpha value is -1.66. The number of hydrogen-bond acceptors (Lipinski definition) is 3. The van der Waals surface area contributed by atoms with Gasteiger partial charge in [0.1, 0.15) is 5.92 Å². The van der Waals surface area contributed by atoms with E-state index in [1.165, 1.54) is 12.8 Å². The lowest BCUT2D eigenvalue weighted by molar-refractivity contribution is -0.120. The summed E-state index contributed by atoms with van der Waals surface area (Å²) in [7, 11) is 0. The van der Waals surface area contributed by atoms with Crippen LogP contribution in [0.1, 0.15) is 51.5 Å². The third-order valence-electron chi connectivity index (χ3n) is 5.47. The summed E-state index contributed by atoms with van der Waals surface area (Å²) in [6.45, 7) is 8.42. The first kappa shape index (κ1) is 16.2. The lowest BCUT2D eigenvalue weighted by Crippen LogP contribution is -2.38. The van der Waals surface area contributed by atoms with Gasteiger partial charge in [0.15, 0.2) is 5.78 Å². The molecule has 1 saturated heterocycles. The number of fused-ring (bicyclic) bond motifs is 2. The van der Waals surface area contributed by atoms with Gasteiger partial charge in [-0.3, -0.25) is 9.69 Å². The van der Waals surface area contributed by atoms with Crippen molar-refractivity contribution in [3.63, 3.8) is 0 Å². The van der Waals surface area contributed by atoms with Gasteiger partial charge < -0.3 is 0 Å². The first-order valence-electron chi connectivity index (χ1n) is 8.53. The second kappa shape index (κ2) is 5.76. The quantitative estimate of drug-likeness (QED) is 0.850. The number of rotatable bonds is 4. The predicted octanol–water partition coefficient (Wildman–Crippen LogP) is 3.76. The summed E-state index contributed by atoms with van der Waals surface area (Å²) in [5.74, 6) is -0.606. The van der Waals surface area contributed by atoms with Gasteiger partial charge in [0.05, 0.1) is 12.6 Å². The maximum absolute atomic E-state index is 12.7. The monoisotopic (exact) mass is 310 g/mol. The van der Waals surface area contributed by atoms with E-state index >= 15 is 0 Å². The van der Waals surface area contributed by atoms with Gasteiger partial charge in [-0.15, -0.1) is 0 Å². The van der Waals surface area contributed by atoms with Crippen LogP contribution in [0.2, 0.25) is 0 Å². The molecule has 1 aromatic rings. The summed E-state index contributed by atoms with van der Waals surface area (Å²) in [5.41, 5.74) is 1.49. The summed E-state index contributed by atoms with van der Waals surface area (Å²) in [6.07, 6.45) is 3.56. The third-order valence-corrected chi connectivity index (χ3v) is 5.47. The highest BCUT2D eigenvalue weighted by molar-refractivity contribution is 5.90. The largest absolute Gasteiger partial charge is 0.296 e. The molecule has 0 amide bonds. The first-order chi connectivity index (χ1) is 10.8. The van der Waals surface area contributed by atoms with Crippen LogP contribution in [0.15, 0.2) is 30.3 Å². The van der Waals surface area contributed by atoms with E-state index in [0.29, 0.717) is 23.4 Å². The maximum Gasteiger partial charge on any atom is 0.168 e.